The van der Waals surface area contributed by atoms with E-state index in [1.54, 1.807) is 7.11 Å². The van der Waals surface area contributed by atoms with Gasteiger partial charge in [-0.05, 0) is 30.4 Å². The highest BCUT2D eigenvalue weighted by atomic mass is 32.1. The number of nitrogens with zero attached hydrogens (tertiary/aromatic N) is 1. The fourth-order valence-electron chi connectivity index (χ4n) is 1.94. The van der Waals surface area contributed by atoms with Crippen LogP contribution in [0.15, 0.2) is 18.2 Å². The molecule has 1 fully saturated rings. The van der Waals surface area contributed by atoms with Crippen molar-refractivity contribution in [3.05, 3.63) is 18.2 Å². The molecule has 1 saturated heterocycles. The average Bonchev–Trinajstić information content (AvgIpc) is 2.39. The zero-order valence-corrected chi connectivity index (χ0v) is 11.1. The fraction of sp³-hybridized carbons (Fsp3) is 0.417. The van der Waals surface area contributed by atoms with E-state index in [1.165, 1.54) is 0 Å². The summed E-state index contributed by atoms with van der Waals surface area (Å²) in [4.78, 5) is 2.26. The lowest BCUT2D eigenvalue weighted by Gasteiger charge is -2.29. The zero-order valence-electron chi connectivity index (χ0n) is 10.3. The molecule has 0 radical (unpaired) electrons. The SMILES string of the molecule is COc1ccc(N2CCOCC2)cc1NC(N)=S. The molecule has 6 heteroatoms. The predicted molar refractivity (Wildman–Crippen MR) is 76.4 cm³/mol. The van der Waals surface area contributed by atoms with E-state index in [1.807, 2.05) is 18.2 Å². The Morgan fingerprint density at radius 1 is 1.44 bits per heavy atom. The quantitative estimate of drug-likeness (QED) is 0.802. The predicted octanol–water partition coefficient (Wildman–Crippen LogP) is 1.19. The van der Waals surface area contributed by atoms with Crippen LogP contribution in [0.25, 0.3) is 0 Å². The highest BCUT2D eigenvalue weighted by molar-refractivity contribution is 7.80. The van der Waals surface area contributed by atoms with Crippen LogP contribution in [-0.4, -0.2) is 38.5 Å². The van der Waals surface area contributed by atoms with Gasteiger partial charge in [0.1, 0.15) is 5.75 Å². The van der Waals surface area contributed by atoms with Crippen LogP contribution in [0, 0.1) is 0 Å². The van der Waals surface area contributed by atoms with Gasteiger partial charge in [0.2, 0.25) is 0 Å². The Balaban J connectivity index is 2.23. The standard InChI is InChI=1S/C12H17N3O2S/c1-16-11-3-2-9(8-10(11)14-12(13)18)15-4-6-17-7-5-15/h2-3,8H,4-7H2,1H3,(H3,13,14,18). The van der Waals surface area contributed by atoms with Gasteiger partial charge in [0.25, 0.3) is 0 Å². The smallest absolute Gasteiger partial charge is 0.168 e. The van der Waals surface area contributed by atoms with Gasteiger partial charge >= 0.3 is 0 Å². The minimum Gasteiger partial charge on any atom is -0.495 e. The third-order valence-electron chi connectivity index (χ3n) is 2.82. The van der Waals surface area contributed by atoms with E-state index in [0.29, 0.717) is 0 Å². The van der Waals surface area contributed by atoms with Crippen LogP contribution in [0.4, 0.5) is 11.4 Å². The number of methoxy groups -OCH3 is 1. The molecule has 3 N–H and O–H groups in total. The number of thiocarbonyl (C=S) groups is 1. The molecular weight excluding hydrogens is 250 g/mol. The molecule has 0 aromatic heterocycles. The highest BCUT2D eigenvalue weighted by Gasteiger charge is 2.13. The minimum atomic E-state index is 0.229. The Hall–Kier alpha value is -1.53. The molecular formula is C12H17N3O2S. The van der Waals surface area contributed by atoms with Crippen molar-refractivity contribution < 1.29 is 9.47 Å². The maximum Gasteiger partial charge on any atom is 0.168 e. The van der Waals surface area contributed by atoms with Gasteiger partial charge in [-0.25, -0.2) is 0 Å². The molecule has 1 aliphatic heterocycles. The van der Waals surface area contributed by atoms with E-state index in [9.17, 15) is 0 Å². The van der Waals surface area contributed by atoms with Crippen molar-refractivity contribution in [2.75, 3.05) is 43.6 Å². The largest absolute Gasteiger partial charge is 0.495 e. The van der Waals surface area contributed by atoms with Crippen LogP contribution < -0.4 is 20.7 Å². The van der Waals surface area contributed by atoms with Crippen LogP contribution in [-0.2, 0) is 4.74 Å². The first kappa shape index (κ1) is 12.9. The van der Waals surface area contributed by atoms with Crippen LogP contribution in [0.5, 0.6) is 5.75 Å². The molecule has 0 amide bonds. The molecule has 1 heterocycles. The monoisotopic (exact) mass is 267 g/mol. The second-order valence-corrected chi connectivity index (χ2v) is 4.41. The number of nitrogens with one attached hydrogen (secondary N) is 1. The number of ether oxygens (including phenoxy) is 2. The topological polar surface area (TPSA) is 59.8 Å². The summed E-state index contributed by atoms with van der Waals surface area (Å²) in [6.45, 7) is 3.28. The molecule has 18 heavy (non-hydrogen) atoms. The maximum absolute atomic E-state index is 5.51. The van der Waals surface area contributed by atoms with Gasteiger partial charge in [0.05, 0.1) is 26.0 Å². The first-order valence-corrected chi connectivity index (χ1v) is 6.18. The van der Waals surface area contributed by atoms with Crippen molar-refractivity contribution in [3.63, 3.8) is 0 Å². The van der Waals surface area contributed by atoms with Gasteiger partial charge < -0.3 is 25.4 Å². The summed E-state index contributed by atoms with van der Waals surface area (Å²) in [5.41, 5.74) is 7.40. The van der Waals surface area contributed by atoms with Gasteiger partial charge in [0.15, 0.2) is 5.11 Å². The molecule has 0 unspecified atom stereocenters. The number of nitrogens with two attached hydrogens (primary N) is 1. The third-order valence-corrected chi connectivity index (χ3v) is 2.92. The molecule has 0 spiro atoms. The Bertz CT molecular complexity index is 433. The Labute approximate surface area is 112 Å². The molecule has 0 atom stereocenters. The summed E-state index contributed by atoms with van der Waals surface area (Å²) in [6.07, 6.45) is 0. The summed E-state index contributed by atoms with van der Waals surface area (Å²) in [5, 5.41) is 3.16. The van der Waals surface area contributed by atoms with E-state index >= 15 is 0 Å². The number of rotatable bonds is 3. The lowest BCUT2D eigenvalue weighted by atomic mass is 10.2. The minimum absolute atomic E-state index is 0.229. The number of anilines is 2. The van der Waals surface area contributed by atoms with E-state index in [-0.39, 0.29) is 5.11 Å². The molecule has 2 rings (SSSR count). The van der Waals surface area contributed by atoms with Crippen molar-refractivity contribution in [3.8, 4) is 5.75 Å². The zero-order chi connectivity index (χ0) is 13.0. The lowest BCUT2D eigenvalue weighted by molar-refractivity contribution is 0.122. The number of hydrogen-bond acceptors (Lipinski definition) is 4. The summed E-state index contributed by atoms with van der Waals surface area (Å²) in [7, 11) is 1.62. The molecule has 1 aromatic rings. The van der Waals surface area contributed by atoms with E-state index in [0.717, 1.165) is 43.4 Å². The van der Waals surface area contributed by atoms with Crippen molar-refractivity contribution >= 4 is 28.7 Å². The van der Waals surface area contributed by atoms with Gasteiger partial charge in [-0.3, -0.25) is 0 Å². The van der Waals surface area contributed by atoms with E-state index in [4.69, 9.17) is 27.4 Å². The second-order valence-electron chi connectivity index (χ2n) is 3.97. The molecule has 1 aromatic carbocycles. The van der Waals surface area contributed by atoms with E-state index < -0.39 is 0 Å². The first-order valence-electron chi connectivity index (χ1n) is 5.78. The summed E-state index contributed by atoms with van der Waals surface area (Å²) < 4.78 is 10.6. The average molecular weight is 267 g/mol. The number of morpholine rings is 1. The summed E-state index contributed by atoms with van der Waals surface area (Å²) in [5.74, 6) is 0.722. The lowest BCUT2D eigenvalue weighted by Crippen LogP contribution is -2.36. The van der Waals surface area contributed by atoms with Crippen LogP contribution in [0.3, 0.4) is 0 Å². The number of hydrogen-bond donors (Lipinski definition) is 2. The molecule has 1 aliphatic rings. The summed E-state index contributed by atoms with van der Waals surface area (Å²) >= 11 is 4.86. The van der Waals surface area contributed by atoms with Crippen molar-refractivity contribution in [2.45, 2.75) is 0 Å². The Morgan fingerprint density at radius 3 is 2.78 bits per heavy atom. The van der Waals surface area contributed by atoms with Gasteiger partial charge in [-0.1, -0.05) is 0 Å². The molecule has 0 saturated carbocycles. The fourth-order valence-corrected chi connectivity index (χ4v) is 2.05. The molecule has 98 valence electrons. The maximum atomic E-state index is 5.51. The third kappa shape index (κ3) is 3.02. The van der Waals surface area contributed by atoms with Crippen molar-refractivity contribution in [1.29, 1.82) is 0 Å². The van der Waals surface area contributed by atoms with Gasteiger partial charge in [-0.2, -0.15) is 0 Å². The van der Waals surface area contributed by atoms with Gasteiger partial charge in [-0.15, -0.1) is 0 Å². The Kier molecular flexibility index (Phi) is 4.22. The van der Waals surface area contributed by atoms with Crippen molar-refractivity contribution in [1.82, 2.24) is 0 Å². The van der Waals surface area contributed by atoms with Crippen molar-refractivity contribution in [2.24, 2.45) is 5.73 Å². The molecule has 0 aliphatic carbocycles. The summed E-state index contributed by atoms with van der Waals surface area (Å²) in [6, 6.07) is 5.92. The second kappa shape index (κ2) is 5.88. The van der Waals surface area contributed by atoms with Crippen LogP contribution >= 0.6 is 12.2 Å². The molecule has 0 bridgehead atoms. The van der Waals surface area contributed by atoms with Gasteiger partial charge in [0, 0.05) is 18.8 Å². The molecule has 5 nitrogen and oxygen atoms in total. The normalized spacial score (nSPS) is 15.3. The Morgan fingerprint density at radius 2 is 2.17 bits per heavy atom. The highest BCUT2D eigenvalue weighted by Crippen LogP contribution is 2.29. The van der Waals surface area contributed by atoms with E-state index in [2.05, 4.69) is 10.2 Å². The first-order chi connectivity index (χ1) is 8.70. The van der Waals surface area contributed by atoms with Crippen LogP contribution in [0.1, 0.15) is 0 Å². The number of benzene rings is 1. The van der Waals surface area contributed by atoms with Crippen LogP contribution in [0.2, 0.25) is 0 Å².